The number of nitrogens with zero attached hydrogens (tertiary/aromatic N) is 1. The number of carbonyl (C=O) groups is 1. The summed E-state index contributed by atoms with van der Waals surface area (Å²) in [6, 6.07) is 8.66. The first-order valence-corrected chi connectivity index (χ1v) is 9.66. The van der Waals surface area contributed by atoms with Crippen LogP contribution in [0.25, 0.3) is 0 Å². The van der Waals surface area contributed by atoms with E-state index in [-0.39, 0.29) is 17.9 Å². The number of piperidine rings is 1. The maximum atomic E-state index is 12.4. The number of carbonyl (C=O) groups excluding carboxylic acids is 1. The fraction of sp³-hybridized carbons (Fsp3) is 0.667. The molecule has 0 spiro atoms. The third-order valence-electron chi connectivity index (χ3n) is 5.32. The van der Waals surface area contributed by atoms with Gasteiger partial charge in [-0.2, -0.15) is 0 Å². The molecule has 1 heterocycles. The second kappa shape index (κ2) is 7.77. The number of benzene rings is 1. The van der Waals surface area contributed by atoms with Crippen molar-refractivity contribution in [1.29, 1.82) is 0 Å². The van der Waals surface area contributed by atoms with Crippen molar-refractivity contribution in [2.24, 2.45) is 5.92 Å². The van der Waals surface area contributed by atoms with Crippen molar-refractivity contribution in [3.63, 3.8) is 0 Å². The minimum Gasteiger partial charge on any atom is -0.484 e. The lowest BCUT2D eigenvalue weighted by Crippen LogP contribution is -2.46. The van der Waals surface area contributed by atoms with Crippen molar-refractivity contribution in [3.8, 4) is 5.75 Å². The van der Waals surface area contributed by atoms with Gasteiger partial charge in [-0.05, 0) is 61.3 Å². The number of hydrogen-bond donors (Lipinski definition) is 1. The molecule has 1 aliphatic carbocycles. The average molecular weight is 344 g/mol. The molecule has 1 amide bonds. The number of nitrogens with one attached hydrogen (secondary N) is 1. The van der Waals surface area contributed by atoms with Gasteiger partial charge in [-0.1, -0.05) is 32.9 Å². The summed E-state index contributed by atoms with van der Waals surface area (Å²) < 4.78 is 5.70. The monoisotopic (exact) mass is 344 g/mol. The summed E-state index contributed by atoms with van der Waals surface area (Å²) in [5.74, 6) is 1.78. The zero-order valence-electron chi connectivity index (χ0n) is 15.9. The number of rotatable bonds is 6. The van der Waals surface area contributed by atoms with E-state index in [1.165, 1.54) is 18.4 Å². The topological polar surface area (TPSA) is 41.6 Å². The largest absolute Gasteiger partial charge is 0.484 e. The van der Waals surface area contributed by atoms with Gasteiger partial charge in [0.2, 0.25) is 0 Å². The van der Waals surface area contributed by atoms with Crippen LogP contribution in [0.2, 0.25) is 0 Å². The first-order chi connectivity index (χ1) is 11.9. The molecule has 4 heteroatoms. The van der Waals surface area contributed by atoms with Crippen LogP contribution in [0.5, 0.6) is 5.75 Å². The SMILES string of the molecule is CC(C)(C)c1ccc(OCC(=O)N2CCC(NCC3CC3)CC2)cc1. The normalized spacial score (nSPS) is 19.1. The summed E-state index contributed by atoms with van der Waals surface area (Å²) >= 11 is 0. The molecular formula is C21H32N2O2. The summed E-state index contributed by atoms with van der Waals surface area (Å²) in [6.07, 6.45) is 4.88. The molecule has 1 saturated carbocycles. The molecule has 3 rings (SSSR count). The quantitative estimate of drug-likeness (QED) is 0.860. The van der Waals surface area contributed by atoms with Crippen molar-refractivity contribution < 1.29 is 9.53 Å². The van der Waals surface area contributed by atoms with E-state index in [1.54, 1.807) is 0 Å². The van der Waals surface area contributed by atoms with E-state index in [2.05, 4.69) is 38.2 Å². The summed E-state index contributed by atoms with van der Waals surface area (Å²) in [7, 11) is 0. The smallest absolute Gasteiger partial charge is 0.260 e. The Morgan fingerprint density at radius 1 is 1.12 bits per heavy atom. The summed E-state index contributed by atoms with van der Waals surface area (Å²) in [4.78, 5) is 14.3. The molecule has 4 nitrogen and oxygen atoms in total. The van der Waals surface area contributed by atoms with E-state index in [0.29, 0.717) is 6.04 Å². The second-order valence-corrected chi connectivity index (χ2v) is 8.57. The maximum Gasteiger partial charge on any atom is 0.260 e. The third-order valence-corrected chi connectivity index (χ3v) is 5.32. The van der Waals surface area contributed by atoms with E-state index in [0.717, 1.165) is 44.1 Å². The fourth-order valence-corrected chi connectivity index (χ4v) is 3.28. The van der Waals surface area contributed by atoms with E-state index in [9.17, 15) is 4.79 Å². The molecule has 0 aromatic heterocycles. The zero-order chi connectivity index (χ0) is 17.9. The lowest BCUT2D eigenvalue weighted by atomic mass is 9.87. The fourth-order valence-electron chi connectivity index (χ4n) is 3.28. The molecule has 1 N–H and O–H groups in total. The molecule has 1 aliphatic heterocycles. The highest BCUT2D eigenvalue weighted by Crippen LogP contribution is 2.28. The Kier molecular flexibility index (Phi) is 5.67. The minimum atomic E-state index is 0.0977. The molecule has 0 radical (unpaired) electrons. The Morgan fingerprint density at radius 2 is 1.76 bits per heavy atom. The highest BCUT2D eigenvalue weighted by molar-refractivity contribution is 5.77. The Hall–Kier alpha value is -1.55. The van der Waals surface area contributed by atoms with E-state index < -0.39 is 0 Å². The molecule has 0 bridgehead atoms. The van der Waals surface area contributed by atoms with Crippen LogP contribution in [-0.4, -0.2) is 43.1 Å². The van der Waals surface area contributed by atoms with Crippen LogP contribution in [0.15, 0.2) is 24.3 Å². The van der Waals surface area contributed by atoms with Gasteiger partial charge in [-0.25, -0.2) is 0 Å². The van der Waals surface area contributed by atoms with Crippen LogP contribution in [0, 0.1) is 5.92 Å². The number of hydrogen-bond acceptors (Lipinski definition) is 3. The molecule has 1 aromatic rings. The Morgan fingerprint density at radius 3 is 2.32 bits per heavy atom. The molecular weight excluding hydrogens is 312 g/mol. The van der Waals surface area contributed by atoms with Gasteiger partial charge in [-0.3, -0.25) is 4.79 Å². The van der Waals surface area contributed by atoms with E-state index in [4.69, 9.17) is 4.74 Å². The van der Waals surface area contributed by atoms with Gasteiger partial charge in [0.05, 0.1) is 0 Å². The van der Waals surface area contributed by atoms with Gasteiger partial charge in [0.25, 0.3) is 5.91 Å². The predicted octanol–water partition coefficient (Wildman–Crippen LogP) is 3.35. The maximum absolute atomic E-state index is 12.4. The van der Waals surface area contributed by atoms with Gasteiger partial charge in [0.1, 0.15) is 5.75 Å². The van der Waals surface area contributed by atoms with Crippen LogP contribution < -0.4 is 10.1 Å². The van der Waals surface area contributed by atoms with Crippen molar-refractivity contribution in [2.75, 3.05) is 26.2 Å². The zero-order valence-corrected chi connectivity index (χ0v) is 15.9. The highest BCUT2D eigenvalue weighted by atomic mass is 16.5. The van der Waals surface area contributed by atoms with Crippen LogP contribution in [0.3, 0.4) is 0 Å². The van der Waals surface area contributed by atoms with Gasteiger partial charge < -0.3 is 15.0 Å². The molecule has 138 valence electrons. The summed E-state index contributed by atoms with van der Waals surface area (Å²) in [5.41, 5.74) is 1.40. The molecule has 2 fully saturated rings. The average Bonchev–Trinajstić information content (AvgIpc) is 3.42. The third kappa shape index (κ3) is 5.46. The van der Waals surface area contributed by atoms with Crippen LogP contribution in [0.1, 0.15) is 52.0 Å². The van der Waals surface area contributed by atoms with Crippen LogP contribution in [0.4, 0.5) is 0 Å². The number of ether oxygens (including phenoxy) is 1. The number of amides is 1. The molecule has 1 saturated heterocycles. The Bertz CT molecular complexity index is 565. The molecule has 25 heavy (non-hydrogen) atoms. The summed E-state index contributed by atoms with van der Waals surface area (Å²) in [5, 5.41) is 3.65. The standard InChI is InChI=1S/C21H32N2O2/c1-21(2,3)17-6-8-19(9-7-17)25-15-20(24)23-12-10-18(11-13-23)22-14-16-4-5-16/h6-9,16,18,22H,4-5,10-15H2,1-3H3. The minimum absolute atomic E-state index is 0.0977. The number of likely N-dealkylation sites (tertiary alicyclic amines) is 1. The van der Waals surface area contributed by atoms with Gasteiger partial charge in [0.15, 0.2) is 6.61 Å². The lowest BCUT2D eigenvalue weighted by molar-refractivity contribution is -0.134. The van der Waals surface area contributed by atoms with Crippen LogP contribution in [-0.2, 0) is 10.2 Å². The van der Waals surface area contributed by atoms with Gasteiger partial charge >= 0.3 is 0 Å². The lowest BCUT2D eigenvalue weighted by Gasteiger charge is -2.32. The first-order valence-electron chi connectivity index (χ1n) is 9.66. The second-order valence-electron chi connectivity index (χ2n) is 8.57. The molecule has 2 aliphatic rings. The highest BCUT2D eigenvalue weighted by Gasteiger charge is 2.26. The summed E-state index contributed by atoms with van der Waals surface area (Å²) in [6.45, 7) is 9.54. The van der Waals surface area contributed by atoms with Crippen molar-refractivity contribution in [2.45, 2.75) is 57.9 Å². The Balaban J connectivity index is 1.39. The molecule has 0 atom stereocenters. The van der Waals surface area contributed by atoms with Crippen molar-refractivity contribution in [3.05, 3.63) is 29.8 Å². The molecule has 1 aromatic carbocycles. The van der Waals surface area contributed by atoms with E-state index in [1.807, 2.05) is 17.0 Å². The van der Waals surface area contributed by atoms with Crippen molar-refractivity contribution in [1.82, 2.24) is 10.2 Å². The predicted molar refractivity (Wildman–Crippen MR) is 101 cm³/mol. The molecule has 0 unspecified atom stereocenters. The van der Waals surface area contributed by atoms with E-state index >= 15 is 0 Å². The van der Waals surface area contributed by atoms with Gasteiger partial charge in [-0.15, -0.1) is 0 Å². The Labute approximate surface area is 151 Å². The van der Waals surface area contributed by atoms with Gasteiger partial charge in [0, 0.05) is 19.1 Å². The first kappa shape index (κ1) is 18.2. The van der Waals surface area contributed by atoms with Crippen LogP contribution >= 0.6 is 0 Å². The van der Waals surface area contributed by atoms with Crippen molar-refractivity contribution >= 4 is 5.91 Å².